The quantitative estimate of drug-likeness (QED) is 0.850. The van der Waals surface area contributed by atoms with Gasteiger partial charge in [0.25, 0.3) is 0 Å². The first-order chi connectivity index (χ1) is 9.24. The molecule has 3 heteroatoms. The van der Waals surface area contributed by atoms with Crippen molar-refractivity contribution < 1.29 is 9.84 Å². The maximum Gasteiger partial charge on any atom is 0.137 e. The van der Waals surface area contributed by atoms with Gasteiger partial charge in [-0.3, -0.25) is 4.98 Å². The fourth-order valence-electron chi connectivity index (χ4n) is 2.94. The van der Waals surface area contributed by atoms with Crippen LogP contribution in [0.5, 0.6) is 5.75 Å². The summed E-state index contributed by atoms with van der Waals surface area (Å²) in [7, 11) is 0. The molecule has 1 heterocycles. The van der Waals surface area contributed by atoms with Crippen molar-refractivity contribution in [3.63, 3.8) is 0 Å². The van der Waals surface area contributed by atoms with Gasteiger partial charge in [0, 0.05) is 11.8 Å². The predicted molar refractivity (Wildman–Crippen MR) is 76.1 cm³/mol. The molecule has 1 aliphatic rings. The monoisotopic (exact) mass is 263 g/mol. The first kappa shape index (κ1) is 14.3. The molecule has 1 saturated carbocycles. The maximum absolute atomic E-state index is 10.5. The third kappa shape index (κ3) is 3.69. The van der Waals surface area contributed by atoms with Gasteiger partial charge in [-0.25, -0.2) is 0 Å². The average Bonchev–Trinajstić information content (AvgIpc) is 2.93. The van der Waals surface area contributed by atoms with E-state index in [0.717, 1.165) is 36.5 Å². The fraction of sp³-hybridized carbons (Fsp3) is 0.688. The van der Waals surface area contributed by atoms with Gasteiger partial charge >= 0.3 is 0 Å². The molecular weight excluding hydrogens is 238 g/mol. The number of ether oxygens (including phenoxy) is 1. The molecule has 2 rings (SSSR count). The van der Waals surface area contributed by atoms with E-state index in [4.69, 9.17) is 4.74 Å². The Morgan fingerprint density at radius 2 is 2.21 bits per heavy atom. The summed E-state index contributed by atoms with van der Waals surface area (Å²) >= 11 is 0. The van der Waals surface area contributed by atoms with Gasteiger partial charge in [0.1, 0.15) is 5.75 Å². The summed E-state index contributed by atoms with van der Waals surface area (Å²) in [6.07, 6.45) is 8.80. The van der Waals surface area contributed by atoms with Gasteiger partial charge < -0.3 is 9.84 Å². The topological polar surface area (TPSA) is 42.4 Å². The summed E-state index contributed by atoms with van der Waals surface area (Å²) in [5.41, 5.74) is 0.898. The molecule has 0 saturated heterocycles. The lowest BCUT2D eigenvalue weighted by molar-refractivity contribution is 0.108. The Labute approximate surface area is 116 Å². The van der Waals surface area contributed by atoms with E-state index >= 15 is 0 Å². The highest BCUT2D eigenvalue weighted by Gasteiger charge is 2.30. The van der Waals surface area contributed by atoms with E-state index in [0.29, 0.717) is 12.5 Å². The summed E-state index contributed by atoms with van der Waals surface area (Å²) in [6, 6.07) is 1.94. The fourth-order valence-corrected chi connectivity index (χ4v) is 2.94. The Bertz CT molecular complexity index is 394. The van der Waals surface area contributed by atoms with Gasteiger partial charge in [-0.15, -0.1) is 0 Å². The molecule has 0 amide bonds. The number of nitrogens with zero attached hydrogens (tertiary/aromatic N) is 1. The van der Waals surface area contributed by atoms with Gasteiger partial charge in [0.05, 0.1) is 18.9 Å². The third-order valence-corrected chi connectivity index (χ3v) is 4.15. The van der Waals surface area contributed by atoms with Crippen molar-refractivity contribution in [3.8, 4) is 5.75 Å². The highest BCUT2D eigenvalue weighted by Crippen LogP contribution is 2.40. The second kappa shape index (κ2) is 6.90. The van der Waals surface area contributed by atoms with Crippen molar-refractivity contribution in [1.82, 2.24) is 4.98 Å². The summed E-state index contributed by atoms with van der Waals surface area (Å²) in [5.74, 6) is 1.93. The first-order valence-electron chi connectivity index (χ1n) is 7.50. The second-order valence-electron chi connectivity index (χ2n) is 5.59. The van der Waals surface area contributed by atoms with Crippen molar-refractivity contribution >= 4 is 0 Å². The molecule has 1 N–H and O–H groups in total. The van der Waals surface area contributed by atoms with E-state index in [2.05, 4.69) is 18.8 Å². The summed E-state index contributed by atoms with van der Waals surface area (Å²) in [4.78, 5) is 4.18. The Kier molecular flexibility index (Phi) is 5.20. The number of aliphatic hydroxyl groups excluding tert-OH is 1. The van der Waals surface area contributed by atoms with Crippen molar-refractivity contribution in [2.45, 2.75) is 52.1 Å². The van der Waals surface area contributed by atoms with E-state index < -0.39 is 6.10 Å². The molecule has 106 valence electrons. The number of pyridine rings is 1. The van der Waals surface area contributed by atoms with Gasteiger partial charge in [0.2, 0.25) is 0 Å². The number of hydrogen-bond donors (Lipinski definition) is 1. The molecule has 0 radical (unpaired) electrons. The van der Waals surface area contributed by atoms with Crippen molar-refractivity contribution in [2.24, 2.45) is 11.8 Å². The molecule has 3 unspecified atom stereocenters. The van der Waals surface area contributed by atoms with E-state index in [1.54, 1.807) is 12.4 Å². The van der Waals surface area contributed by atoms with Crippen molar-refractivity contribution in [1.29, 1.82) is 0 Å². The van der Waals surface area contributed by atoms with Crippen LogP contribution < -0.4 is 4.74 Å². The molecule has 0 aromatic carbocycles. The van der Waals surface area contributed by atoms with Crippen molar-refractivity contribution in [3.05, 3.63) is 24.0 Å². The van der Waals surface area contributed by atoms with Crippen LogP contribution in [0.4, 0.5) is 0 Å². The lowest BCUT2D eigenvalue weighted by atomic mass is 9.94. The van der Waals surface area contributed by atoms with Crippen molar-refractivity contribution in [2.75, 3.05) is 6.61 Å². The average molecular weight is 263 g/mol. The zero-order valence-corrected chi connectivity index (χ0v) is 12.0. The maximum atomic E-state index is 10.5. The highest BCUT2D eigenvalue weighted by atomic mass is 16.5. The predicted octanol–water partition coefficient (Wildman–Crippen LogP) is 3.73. The smallest absolute Gasteiger partial charge is 0.137 e. The standard InChI is InChI=1S/C16H25NO2/c1-3-7-19-15-9-14(10-17-11-15)16(18)13-6-5-12(4-2)8-13/h9-13,16,18H,3-8H2,1-2H3. The molecule has 1 aromatic rings. The van der Waals surface area contributed by atoms with Gasteiger partial charge in [0.15, 0.2) is 0 Å². The molecule has 1 aliphatic carbocycles. The number of aliphatic hydroxyl groups is 1. The van der Waals surface area contributed by atoms with Gasteiger partial charge in [-0.1, -0.05) is 26.7 Å². The molecule has 1 fully saturated rings. The zero-order chi connectivity index (χ0) is 13.7. The lowest BCUT2D eigenvalue weighted by Crippen LogP contribution is -2.10. The van der Waals surface area contributed by atoms with Crippen LogP contribution in [0.1, 0.15) is 57.6 Å². The Morgan fingerprint density at radius 1 is 1.37 bits per heavy atom. The van der Waals surface area contributed by atoms with Crippen LogP contribution in [0.15, 0.2) is 18.5 Å². The van der Waals surface area contributed by atoms with Crippen LogP contribution in [-0.2, 0) is 0 Å². The van der Waals surface area contributed by atoms with Crippen LogP contribution in [0, 0.1) is 11.8 Å². The SMILES string of the molecule is CCCOc1cncc(C(O)C2CCC(CC)C2)c1. The van der Waals surface area contributed by atoms with Crippen LogP contribution in [0.3, 0.4) is 0 Å². The largest absolute Gasteiger partial charge is 0.492 e. The molecule has 19 heavy (non-hydrogen) atoms. The molecule has 1 aromatic heterocycles. The minimum atomic E-state index is -0.394. The summed E-state index contributed by atoms with van der Waals surface area (Å²) in [6.45, 7) is 5.01. The van der Waals surface area contributed by atoms with E-state index in [-0.39, 0.29) is 0 Å². The van der Waals surface area contributed by atoms with Crippen LogP contribution >= 0.6 is 0 Å². The van der Waals surface area contributed by atoms with Gasteiger partial charge in [-0.05, 0) is 37.2 Å². The molecule has 0 spiro atoms. The molecular formula is C16H25NO2. The normalized spacial score (nSPS) is 24.4. The van der Waals surface area contributed by atoms with Gasteiger partial charge in [-0.2, -0.15) is 0 Å². The second-order valence-corrected chi connectivity index (χ2v) is 5.59. The number of rotatable bonds is 6. The minimum absolute atomic E-state index is 0.383. The van der Waals surface area contributed by atoms with E-state index in [9.17, 15) is 5.11 Å². The number of hydrogen-bond acceptors (Lipinski definition) is 3. The zero-order valence-electron chi connectivity index (χ0n) is 12.0. The molecule has 3 nitrogen and oxygen atoms in total. The minimum Gasteiger partial charge on any atom is -0.492 e. The Hall–Kier alpha value is -1.09. The molecule has 0 aliphatic heterocycles. The first-order valence-corrected chi connectivity index (χ1v) is 7.50. The summed E-state index contributed by atoms with van der Waals surface area (Å²) < 4.78 is 5.58. The highest BCUT2D eigenvalue weighted by molar-refractivity contribution is 5.25. The molecule has 3 atom stereocenters. The Morgan fingerprint density at radius 3 is 2.89 bits per heavy atom. The van der Waals surface area contributed by atoms with Crippen LogP contribution in [0.25, 0.3) is 0 Å². The van der Waals surface area contributed by atoms with Crippen LogP contribution in [-0.4, -0.2) is 16.7 Å². The number of aromatic nitrogens is 1. The molecule has 0 bridgehead atoms. The van der Waals surface area contributed by atoms with E-state index in [1.807, 2.05) is 6.07 Å². The third-order valence-electron chi connectivity index (χ3n) is 4.15. The Balaban J connectivity index is 2.00. The van der Waals surface area contributed by atoms with E-state index in [1.165, 1.54) is 12.8 Å². The lowest BCUT2D eigenvalue weighted by Gasteiger charge is -2.19. The van der Waals surface area contributed by atoms with Crippen LogP contribution in [0.2, 0.25) is 0 Å². The summed E-state index contributed by atoms with van der Waals surface area (Å²) in [5, 5.41) is 10.5.